The molecule has 0 fully saturated rings. The van der Waals surface area contributed by atoms with E-state index in [9.17, 15) is 4.79 Å². The average Bonchev–Trinajstić information content (AvgIpc) is 2.29. The van der Waals surface area contributed by atoms with Crippen molar-refractivity contribution in [3.05, 3.63) is 35.4 Å². The Morgan fingerprint density at radius 2 is 2.00 bits per heavy atom. The van der Waals surface area contributed by atoms with Gasteiger partial charge in [-0.05, 0) is 30.9 Å². The highest BCUT2D eigenvalue weighted by atomic mass is 35.5. The molecule has 0 aliphatic heterocycles. The number of carbonyl (C=O) groups is 1. The van der Waals surface area contributed by atoms with E-state index < -0.39 is 0 Å². The Hall–Kier alpha value is -1.06. The van der Waals surface area contributed by atoms with Crippen LogP contribution < -0.4 is 0 Å². The lowest BCUT2D eigenvalue weighted by atomic mass is 10.0. The molecule has 94 valence electrons. The van der Waals surface area contributed by atoms with Gasteiger partial charge >= 0.3 is 0 Å². The number of hydrogen-bond donors (Lipinski definition) is 1. The number of benzene rings is 1. The molecule has 0 radical (unpaired) electrons. The van der Waals surface area contributed by atoms with Crippen molar-refractivity contribution in [1.29, 1.82) is 0 Å². The highest BCUT2D eigenvalue weighted by Gasteiger charge is 2.05. The van der Waals surface area contributed by atoms with Gasteiger partial charge in [-0.1, -0.05) is 24.3 Å². The smallest absolute Gasteiger partial charge is 0.245 e. The molecule has 1 N–H and O–H groups in total. The lowest BCUT2D eigenvalue weighted by Crippen LogP contribution is -2.22. The second-order valence-corrected chi connectivity index (χ2v) is 4.78. The van der Waals surface area contributed by atoms with E-state index in [4.69, 9.17) is 16.8 Å². The Morgan fingerprint density at radius 3 is 2.47 bits per heavy atom. The number of alkyl halides is 1. The van der Waals surface area contributed by atoms with Gasteiger partial charge in [0.15, 0.2) is 0 Å². The zero-order valence-electron chi connectivity index (χ0n) is 10.2. The van der Waals surface area contributed by atoms with Crippen molar-refractivity contribution in [1.82, 2.24) is 5.06 Å². The molecule has 0 bridgehead atoms. The Balaban J connectivity index is 2.40. The van der Waals surface area contributed by atoms with Crippen molar-refractivity contribution in [2.24, 2.45) is 0 Å². The standard InChI is InChI=1S/C13H18ClNO2/c1-10(14)12-8-6-11(7-9-12)4-3-5-13(16)15(2)17/h6-10,17H,3-5H2,1-2H3. The van der Waals surface area contributed by atoms with E-state index in [0.29, 0.717) is 11.5 Å². The van der Waals surface area contributed by atoms with Crippen LogP contribution in [0.25, 0.3) is 0 Å². The molecule has 0 saturated heterocycles. The summed E-state index contributed by atoms with van der Waals surface area (Å²) < 4.78 is 0. The molecule has 0 aliphatic carbocycles. The lowest BCUT2D eigenvalue weighted by Gasteiger charge is -2.08. The summed E-state index contributed by atoms with van der Waals surface area (Å²) in [7, 11) is 1.35. The first kappa shape index (κ1) is 14.0. The molecule has 0 saturated carbocycles. The van der Waals surface area contributed by atoms with Crippen molar-refractivity contribution in [3.8, 4) is 0 Å². The van der Waals surface area contributed by atoms with Crippen molar-refractivity contribution >= 4 is 17.5 Å². The van der Waals surface area contributed by atoms with Gasteiger partial charge in [-0.3, -0.25) is 10.0 Å². The monoisotopic (exact) mass is 255 g/mol. The van der Waals surface area contributed by atoms with Gasteiger partial charge in [0, 0.05) is 13.5 Å². The number of nitrogens with zero attached hydrogens (tertiary/aromatic N) is 1. The van der Waals surface area contributed by atoms with Crippen molar-refractivity contribution in [3.63, 3.8) is 0 Å². The molecule has 1 amide bonds. The summed E-state index contributed by atoms with van der Waals surface area (Å²) in [6.45, 7) is 1.94. The molecule has 1 rings (SSSR count). The van der Waals surface area contributed by atoms with Gasteiger partial charge in [0.05, 0.1) is 5.38 Å². The molecule has 0 aromatic heterocycles. The molecule has 4 heteroatoms. The lowest BCUT2D eigenvalue weighted by molar-refractivity contribution is -0.159. The number of aryl methyl sites for hydroxylation is 1. The molecular formula is C13H18ClNO2. The van der Waals surface area contributed by atoms with Crippen LogP contribution in [0.3, 0.4) is 0 Å². The van der Waals surface area contributed by atoms with E-state index in [1.807, 2.05) is 31.2 Å². The molecule has 1 aromatic rings. The molecule has 0 heterocycles. The van der Waals surface area contributed by atoms with Crippen LogP contribution in [0.1, 0.15) is 36.3 Å². The number of halogens is 1. The Kier molecular flexibility index (Phi) is 5.45. The van der Waals surface area contributed by atoms with Crippen LogP contribution in [-0.4, -0.2) is 23.2 Å². The summed E-state index contributed by atoms with van der Waals surface area (Å²) >= 11 is 5.96. The zero-order valence-corrected chi connectivity index (χ0v) is 10.9. The van der Waals surface area contributed by atoms with Gasteiger partial charge in [0.25, 0.3) is 0 Å². The molecule has 1 aromatic carbocycles. The topological polar surface area (TPSA) is 40.5 Å². The fourth-order valence-electron chi connectivity index (χ4n) is 1.56. The summed E-state index contributed by atoms with van der Waals surface area (Å²) in [4.78, 5) is 11.1. The van der Waals surface area contributed by atoms with Crippen molar-refractivity contribution < 1.29 is 10.0 Å². The molecule has 1 atom stereocenters. The number of rotatable bonds is 5. The Bertz CT molecular complexity index is 360. The van der Waals surface area contributed by atoms with Gasteiger partial charge < -0.3 is 0 Å². The largest absolute Gasteiger partial charge is 0.286 e. The van der Waals surface area contributed by atoms with Gasteiger partial charge in [-0.2, -0.15) is 0 Å². The van der Waals surface area contributed by atoms with Crippen LogP contribution in [0.4, 0.5) is 0 Å². The van der Waals surface area contributed by atoms with Gasteiger partial charge in [-0.15, -0.1) is 11.6 Å². The van der Waals surface area contributed by atoms with Crippen LogP contribution in [0.15, 0.2) is 24.3 Å². The molecule has 0 spiro atoms. The average molecular weight is 256 g/mol. The molecular weight excluding hydrogens is 238 g/mol. The van der Waals surface area contributed by atoms with Crippen molar-refractivity contribution in [2.75, 3.05) is 7.05 Å². The SMILES string of the molecule is CC(Cl)c1ccc(CCCC(=O)N(C)O)cc1. The normalized spacial score (nSPS) is 12.2. The Labute approximate surface area is 107 Å². The van der Waals surface area contributed by atoms with E-state index in [1.165, 1.54) is 12.6 Å². The third kappa shape index (κ3) is 4.75. The van der Waals surface area contributed by atoms with E-state index in [-0.39, 0.29) is 11.3 Å². The van der Waals surface area contributed by atoms with E-state index in [1.54, 1.807) is 0 Å². The second-order valence-electron chi connectivity index (χ2n) is 4.13. The molecule has 1 unspecified atom stereocenters. The van der Waals surface area contributed by atoms with Gasteiger partial charge in [-0.25, -0.2) is 5.06 Å². The molecule has 3 nitrogen and oxygen atoms in total. The number of amides is 1. The third-order valence-corrected chi connectivity index (χ3v) is 2.91. The van der Waals surface area contributed by atoms with Crippen LogP contribution >= 0.6 is 11.6 Å². The summed E-state index contributed by atoms with van der Waals surface area (Å²) in [6.07, 6.45) is 1.93. The number of carbonyl (C=O) groups excluding carboxylic acids is 1. The maximum absolute atomic E-state index is 11.1. The van der Waals surface area contributed by atoms with Crippen LogP contribution in [-0.2, 0) is 11.2 Å². The molecule has 0 aliphatic rings. The predicted octanol–water partition coefficient (Wildman–Crippen LogP) is 3.16. The highest BCUT2D eigenvalue weighted by Crippen LogP contribution is 2.19. The van der Waals surface area contributed by atoms with Gasteiger partial charge in [0.1, 0.15) is 0 Å². The van der Waals surface area contributed by atoms with Crippen LogP contribution in [0, 0.1) is 0 Å². The molecule has 17 heavy (non-hydrogen) atoms. The minimum atomic E-state index is -0.254. The predicted molar refractivity (Wildman–Crippen MR) is 68.2 cm³/mol. The van der Waals surface area contributed by atoms with E-state index in [0.717, 1.165) is 18.4 Å². The van der Waals surface area contributed by atoms with Gasteiger partial charge in [0.2, 0.25) is 5.91 Å². The number of hydrogen-bond acceptors (Lipinski definition) is 2. The first-order chi connectivity index (χ1) is 8.00. The summed E-state index contributed by atoms with van der Waals surface area (Å²) in [5.41, 5.74) is 2.28. The maximum Gasteiger partial charge on any atom is 0.245 e. The van der Waals surface area contributed by atoms with Crippen molar-refractivity contribution in [2.45, 2.75) is 31.6 Å². The van der Waals surface area contributed by atoms with Crippen LogP contribution in [0.2, 0.25) is 0 Å². The Morgan fingerprint density at radius 1 is 1.41 bits per heavy atom. The van der Waals surface area contributed by atoms with Crippen LogP contribution in [0.5, 0.6) is 0 Å². The fourth-order valence-corrected chi connectivity index (χ4v) is 1.70. The second kappa shape index (κ2) is 6.62. The fraction of sp³-hybridized carbons (Fsp3) is 0.462. The van der Waals surface area contributed by atoms with E-state index >= 15 is 0 Å². The minimum absolute atomic E-state index is 0.0219. The maximum atomic E-state index is 11.1. The summed E-state index contributed by atoms with van der Waals surface area (Å²) in [5.74, 6) is -0.254. The first-order valence-corrected chi connectivity index (χ1v) is 6.12. The van der Waals surface area contributed by atoms with E-state index in [2.05, 4.69) is 0 Å². The number of hydroxylamine groups is 2. The zero-order chi connectivity index (χ0) is 12.8. The quantitative estimate of drug-likeness (QED) is 0.499. The first-order valence-electron chi connectivity index (χ1n) is 5.69. The third-order valence-electron chi connectivity index (χ3n) is 2.66. The highest BCUT2D eigenvalue weighted by molar-refractivity contribution is 6.20. The minimum Gasteiger partial charge on any atom is -0.286 e. The summed E-state index contributed by atoms with van der Waals surface area (Å²) in [5, 5.41) is 9.54. The summed E-state index contributed by atoms with van der Waals surface area (Å²) in [6, 6.07) is 8.07.